The molecule has 86 valence electrons. The minimum Gasteiger partial charge on any atom is -0.361 e. The SMILES string of the molecule is Cc1noc(C)c1-c1c[nH]c2nccc(Cl)c12. The van der Waals surface area contributed by atoms with Gasteiger partial charge in [-0.1, -0.05) is 16.8 Å². The fourth-order valence-corrected chi connectivity index (χ4v) is 2.33. The first-order chi connectivity index (χ1) is 8.18. The molecule has 3 aromatic rings. The van der Waals surface area contributed by atoms with E-state index in [1.165, 1.54) is 0 Å². The molecule has 0 fully saturated rings. The number of nitrogens with zero attached hydrogens (tertiary/aromatic N) is 2. The largest absolute Gasteiger partial charge is 0.361 e. The number of nitrogens with one attached hydrogen (secondary N) is 1. The summed E-state index contributed by atoms with van der Waals surface area (Å²) in [6, 6.07) is 1.78. The number of hydrogen-bond acceptors (Lipinski definition) is 3. The molecule has 0 spiro atoms. The molecule has 0 aliphatic carbocycles. The topological polar surface area (TPSA) is 54.7 Å². The van der Waals surface area contributed by atoms with Gasteiger partial charge in [0.05, 0.1) is 10.7 Å². The number of pyridine rings is 1. The Kier molecular flexibility index (Phi) is 2.19. The molecule has 5 heteroatoms. The fourth-order valence-electron chi connectivity index (χ4n) is 2.08. The predicted molar refractivity (Wildman–Crippen MR) is 66.1 cm³/mol. The summed E-state index contributed by atoms with van der Waals surface area (Å²) in [5, 5.41) is 5.53. The number of H-pyrrole nitrogens is 1. The number of aromatic nitrogens is 3. The Balaban J connectivity index is 2.39. The van der Waals surface area contributed by atoms with Gasteiger partial charge in [0.2, 0.25) is 0 Å². The number of halogens is 1. The molecule has 3 heterocycles. The second-order valence-corrected chi connectivity index (χ2v) is 4.33. The number of rotatable bonds is 1. The smallest absolute Gasteiger partial charge is 0.141 e. The van der Waals surface area contributed by atoms with Crippen LogP contribution in [0.4, 0.5) is 0 Å². The highest BCUT2D eigenvalue weighted by atomic mass is 35.5. The highest BCUT2D eigenvalue weighted by Gasteiger charge is 2.17. The molecule has 0 aliphatic heterocycles. The molecule has 0 aromatic carbocycles. The molecule has 0 bridgehead atoms. The van der Waals surface area contributed by atoms with E-state index in [-0.39, 0.29) is 0 Å². The molecule has 0 saturated heterocycles. The van der Waals surface area contributed by atoms with E-state index in [9.17, 15) is 0 Å². The van der Waals surface area contributed by atoms with Crippen molar-refractivity contribution in [1.29, 1.82) is 0 Å². The summed E-state index contributed by atoms with van der Waals surface area (Å²) in [5.74, 6) is 0.781. The Bertz CT molecular complexity index is 679. The lowest BCUT2D eigenvalue weighted by Gasteiger charge is -1.99. The maximum atomic E-state index is 6.21. The van der Waals surface area contributed by atoms with Crippen LogP contribution in [0.25, 0.3) is 22.2 Å². The summed E-state index contributed by atoms with van der Waals surface area (Å²) in [6.07, 6.45) is 3.56. The van der Waals surface area contributed by atoms with Gasteiger partial charge in [-0.05, 0) is 19.9 Å². The summed E-state index contributed by atoms with van der Waals surface area (Å²) in [4.78, 5) is 7.35. The van der Waals surface area contributed by atoms with Crippen molar-refractivity contribution in [3.63, 3.8) is 0 Å². The highest BCUT2D eigenvalue weighted by Crippen LogP contribution is 2.35. The summed E-state index contributed by atoms with van der Waals surface area (Å²) in [7, 11) is 0. The summed E-state index contributed by atoms with van der Waals surface area (Å²) in [6.45, 7) is 3.80. The van der Waals surface area contributed by atoms with E-state index in [4.69, 9.17) is 16.1 Å². The van der Waals surface area contributed by atoms with Gasteiger partial charge in [0.1, 0.15) is 11.4 Å². The van der Waals surface area contributed by atoms with Crippen LogP contribution in [0.3, 0.4) is 0 Å². The van der Waals surface area contributed by atoms with Crippen LogP contribution in [-0.2, 0) is 0 Å². The van der Waals surface area contributed by atoms with E-state index >= 15 is 0 Å². The third-order valence-electron chi connectivity index (χ3n) is 2.83. The lowest BCUT2D eigenvalue weighted by molar-refractivity contribution is 0.393. The van der Waals surface area contributed by atoms with Crippen LogP contribution in [-0.4, -0.2) is 15.1 Å². The summed E-state index contributed by atoms with van der Waals surface area (Å²) >= 11 is 6.21. The van der Waals surface area contributed by atoms with Gasteiger partial charge in [-0.3, -0.25) is 0 Å². The number of hydrogen-bond donors (Lipinski definition) is 1. The van der Waals surface area contributed by atoms with E-state index in [0.29, 0.717) is 5.02 Å². The molecular formula is C12H10ClN3O. The first-order valence-electron chi connectivity index (χ1n) is 5.23. The van der Waals surface area contributed by atoms with E-state index in [2.05, 4.69) is 15.1 Å². The van der Waals surface area contributed by atoms with E-state index < -0.39 is 0 Å². The van der Waals surface area contributed by atoms with E-state index in [1.54, 1.807) is 12.3 Å². The minimum atomic E-state index is 0.672. The third kappa shape index (κ3) is 1.45. The maximum absolute atomic E-state index is 6.21. The summed E-state index contributed by atoms with van der Waals surface area (Å²) < 4.78 is 5.18. The van der Waals surface area contributed by atoms with Gasteiger partial charge in [-0.15, -0.1) is 0 Å². The quantitative estimate of drug-likeness (QED) is 0.716. The molecule has 3 rings (SSSR count). The lowest BCUT2D eigenvalue weighted by atomic mass is 10.0. The second-order valence-electron chi connectivity index (χ2n) is 3.92. The molecule has 0 unspecified atom stereocenters. The van der Waals surface area contributed by atoms with Crippen molar-refractivity contribution in [3.8, 4) is 11.1 Å². The van der Waals surface area contributed by atoms with Gasteiger partial charge < -0.3 is 9.51 Å². The van der Waals surface area contributed by atoms with E-state index in [0.717, 1.165) is 33.6 Å². The lowest BCUT2D eigenvalue weighted by Crippen LogP contribution is -1.81. The predicted octanol–water partition coefficient (Wildman–Crippen LogP) is 3.49. The Morgan fingerprint density at radius 2 is 2.18 bits per heavy atom. The van der Waals surface area contributed by atoms with E-state index in [1.807, 2.05) is 20.0 Å². The Hall–Kier alpha value is -1.81. The molecule has 0 radical (unpaired) electrons. The van der Waals surface area contributed by atoms with Crippen LogP contribution in [0.2, 0.25) is 5.02 Å². The van der Waals surface area contributed by atoms with Crippen LogP contribution >= 0.6 is 11.6 Å². The van der Waals surface area contributed by atoms with Crippen molar-refractivity contribution < 1.29 is 4.52 Å². The van der Waals surface area contributed by atoms with Gasteiger partial charge in [-0.2, -0.15) is 0 Å². The molecule has 0 atom stereocenters. The van der Waals surface area contributed by atoms with Crippen molar-refractivity contribution in [2.24, 2.45) is 0 Å². The van der Waals surface area contributed by atoms with Gasteiger partial charge in [-0.25, -0.2) is 4.98 Å². The van der Waals surface area contributed by atoms with Crippen LogP contribution in [0.1, 0.15) is 11.5 Å². The zero-order valence-corrected chi connectivity index (χ0v) is 10.2. The minimum absolute atomic E-state index is 0.672. The van der Waals surface area contributed by atoms with Crippen molar-refractivity contribution >= 4 is 22.6 Å². The average molecular weight is 248 g/mol. The molecule has 0 saturated carbocycles. The van der Waals surface area contributed by atoms with Gasteiger partial charge in [0.25, 0.3) is 0 Å². The number of aryl methyl sites for hydroxylation is 2. The van der Waals surface area contributed by atoms with Crippen LogP contribution in [0.5, 0.6) is 0 Å². The Morgan fingerprint density at radius 3 is 2.88 bits per heavy atom. The standard InChI is InChI=1S/C12H10ClN3O/c1-6-10(7(2)17-16-6)8-5-15-12-11(8)9(13)3-4-14-12/h3-5H,1-2H3,(H,14,15). The zero-order chi connectivity index (χ0) is 12.0. The van der Waals surface area contributed by atoms with Gasteiger partial charge >= 0.3 is 0 Å². The van der Waals surface area contributed by atoms with Gasteiger partial charge in [0.15, 0.2) is 0 Å². The fraction of sp³-hybridized carbons (Fsp3) is 0.167. The van der Waals surface area contributed by atoms with Crippen molar-refractivity contribution in [2.75, 3.05) is 0 Å². The third-order valence-corrected chi connectivity index (χ3v) is 3.14. The van der Waals surface area contributed by atoms with Crippen molar-refractivity contribution in [2.45, 2.75) is 13.8 Å². The monoisotopic (exact) mass is 247 g/mol. The van der Waals surface area contributed by atoms with Crippen LogP contribution in [0.15, 0.2) is 23.0 Å². The zero-order valence-electron chi connectivity index (χ0n) is 9.41. The second kappa shape index (κ2) is 3.60. The Labute approximate surface area is 103 Å². The van der Waals surface area contributed by atoms with Crippen LogP contribution < -0.4 is 0 Å². The molecule has 0 aliphatic rings. The molecular weight excluding hydrogens is 238 g/mol. The first kappa shape index (κ1) is 10.4. The van der Waals surface area contributed by atoms with Crippen molar-refractivity contribution in [3.05, 3.63) is 34.9 Å². The first-order valence-corrected chi connectivity index (χ1v) is 5.61. The number of fused-ring (bicyclic) bond motifs is 1. The van der Waals surface area contributed by atoms with Crippen molar-refractivity contribution in [1.82, 2.24) is 15.1 Å². The van der Waals surface area contributed by atoms with Crippen LogP contribution in [0, 0.1) is 13.8 Å². The Morgan fingerprint density at radius 1 is 1.35 bits per heavy atom. The molecule has 3 aromatic heterocycles. The molecule has 0 amide bonds. The molecule has 17 heavy (non-hydrogen) atoms. The molecule has 4 nitrogen and oxygen atoms in total. The molecule has 1 N–H and O–H groups in total. The summed E-state index contributed by atoms with van der Waals surface area (Å²) in [5.41, 5.74) is 3.58. The van der Waals surface area contributed by atoms with Gasteiger partial charge in [0, 0.05) is 28.9 Å². The normalized spacial score (nSPS) is 11.2. The maximum Gasteiger partial charge on any atom is 0.141 e. The number of aromatic amines is 1. The average Bonchev–Trinajstić information content (AvgIpc) is 2.84. The highest BCUT2D eigenvalue weighted by molar-refractivity contribution is 6.36.